The lowest BCUT2D eigenvalue weighted by Crippen LogP contribution is -2.64. The first-order valence-electron chi connectivity index (χ1n) is 17.7. The average molecular weight is 680 g/mol. The van der Waals surface area contributed by atoms with E-state index in [4.69, 9.17) is 21.6 Å². The molecule has 5 fully saturated rings. The molecule has 2 bridgehead atoms. The fraction of sp³-hybridized carbons (Fsp3) is 0.595. The van der Waals surface area contributed by atoms with Gasteiger partial charge in [-0.15, -0.1) is 0 Å². The van der Waals surface area contributed by atoms with Crippen LogP contribution in [0.4, 0.5) is 14.5 Å². The number of alkyl halides is 2. The summed E-state index contributed by atoms with van der Waals surface area (Å²) in [6, 6.07) is 12.6. The number of halogens is 3. The summed E-state index contributed by atoms with van der Waals surface area (Å²) in [6.07, 6.45) is 2.52. The van der Waals surface area contributed by atoms with Crippen molar-refractivity contribution in [1.82, 2.24) is 30.4 Å². The Kier molecular flexibility index (Phi) is 9.52. The molecule has 1 aromatic heterocycles. The van der Waals surface area contributed by atoms with E-state index >= 15 is 0 Å². The maximum absolute atomic E-state index is 14.1. The second-order valence-corrected chi connectivity index (χ2v) is 15.5. The largest absolute Gasteiger partial charge is 0.353 e. The van der Waals surface area contributed by atoms with Gasteiger partial charge < -0.3 is 20.9 Å². The van der Waals surface area contributed by atoms with Crippen LogP contribution in [-0.4, -0.2) is 71.6 Å². The Bertz CT molecular complexity index is 1700. The number of aryl methyl sites for hydroxylation is 1. The van der Waals surface area contributed by atoms with E-state index in [1.807, 2.05) is 51.9 Å². The fourth-order valence-corrected chi connectivity index (χ4v) is 8.88. The first-order chi connectivity index (χ1) is 23.1. The molecule has 3 N–H and O–H groups in total. The molecule has 2 aromatic carbocycles. The minimum Gasteiger partial charge on any atom is -0.353 e. The SMILES string of the molecule is C[C@H]1[C@@H](NC(=Nc2ccc3c(=O)n(CCc4ccc(Cl)cc4)c(C4CCCNC4)nc3c2)N2CCN[C@@H](C(F)F)C2)C[C@@H]2C[C@@H]1C2(C)C. The minimum atomic E-state index is -2.46. The molecule has 8 nitrogen and oxygen atoms in total. The molecule has 1 unspecified atom stereocenters. The molecule has 2 saturated heterocycles. The molecule has 8 rings (SSSR count). The number of nitrogens with zero attached hydrogens (tertiary/aromatic N) is 4. The molecule has 48 heavy (non-hydrogen) atoms. The molecule has 3 aliphatic carbocycles. The Hall–Kier alpha value is -3.08. The molecule has 0 amide bonds. The average Bonchev–Trinajstić information content (AvgIpc) is 3.09. The van der Waals surface area contributed by atoms with Crippen molar-refractivity contribution in [3.63, 3.8) is 0 Å². The summed E-state index contributed by atoms with van der Waals surface area (Å²) in [7, 11) is 0. The molecule has 11 heteroatoms. The van der Waals surface area contributed by atoms with Gasteiger partial charge in [-0.05, 0) is 97.7 Å². The Labute approximate surface area is 286 Å². The number of aliphatic imine (C=N–C) groups is 1. The maximum atomic E-state index is 14.1. The van der Waals surface area contributed by atoms with E-state index in [0.29, 0.717) is 76.8 Å². The van der Waals surface area contributed by atoms with Gasteiger partial charge in [-0.3, -0.25) is 9.36 Å². The highest BCUT2D eigenvalue weighted by Gasteiger charge is 2.56. The molecule has 3 saturated carbocycles. The number of rotatable bonds is 7. The van der Waals surface area contributed by atoms with Crippen molar-refractivity contribution in [1.29, 1.82) is 0 Å². The van der Waals surface area contributed by atoms with E-state index in [2.05, 4.69) is 36.7 Å². The van der Waals surface area contributed by atoms with Crippen LogP contribution in [0.5, 0.6) is 0 Å². The third-order valence-corrected chi connectivity index (χ3v) is 12.1. The number of fused-ring (bicyclic) bond motifs is 3. The smallest absolute Gasteiger partial charge is 0.261 e. The highest BCUT2D eigenvalue weighted by Crippen LogP contribution is 2.61. The van der Waals surface area contributed by atoms with Gasteiger partial charge in [0.2, 0.25) is 0 Å². The van der Waals surface area contributed by atoms with Crippen molar-refractivity contribution >= 4 is 34.2 Å². The van der Waals surface area contributed by atoms with Crippen molar-refractivity contribution in [2.75, 3.05) is 32.7 Å². The first kappa shape index (κ1) is 33.4. The van der Waals surface area contributed by atoms with Crippen molar-refractivity contribution in [2.24, 2.45) is 28.2 Å². The lowest BCUT2D eigenvalue weighted by atomic mass is 9.45. The predicted molar refractivity (Wildman–Crippen MR) is 189 cm³/mol. The number of guanidine groups is 1. The topological polar surface area (TPSA) is 86.6 Å². The van der Waals surface area contributed by atoms with Crippen molar-refractivity contribution < 1.29 is 8.78 Å². The predicted octanol–water partition coefficient (Wildman–Crippen LogP) is 5.95. The van der Waals surface area contributed by atoms with Crippen LogP contribution in [0, 0.1) is 23.2 Å². The van der Waals surface area contributed by atoms with Gasteiger partial charge in [-0.2, -0.15) is 0 Å². The monoisotopic (exact) mass is 679 g/mol. The Morgan fingerprint density at radius 2 is 1.98 bits per heavy atom. The lowest BCUT2D eigenvalue weighted by molar-refractivity contribution is -0.112. The van der Waals surface area contributed by atoms with E-state index in [-0.39, 0.29) is 24.1 Å². The maximum Gasteiger partial charge on any atom is 0.261 e. The van der Waals surface area contributed by atoms with E-state index in [1.165, 1.54) is 6.42 Å². The zero-order valence-corrected chi connectivity index (χ0v) is 28.9. The van der Waals surface area contributed by atoms with Gasteiger partial charge >= 0.3 is 0 Å². The third kappa shape index (κ3) is 6.60. The summed E-state index contributed by atoms with van der Waals surface area (Å²) in [6.45, 7) is 10.5. The lowest BCUT2D eigenvalue weighted by Gasteiger charge is -2.62. The number of nitrogens with one attached hydrogen (secondary N) is 3. The number of piperidine rings is 1. The van der Waals surface area contributed by atoms with E-state index in [0.717, 1.165) is 43.7 Å². The van der Waals surface area contributed by atoms with Crippen LogP contribution in [0.2, 0.25) is 5.02 Å². The number of piperazine rings is 1. The zero-order valence-electron chi connectivity index (χ0n) is 28.2. The van der Waals surface area contributed by atoms with E-state index in [9.17, 15) is 13.6 Å². The number of benzene rings is 2. The molecule has 3 heterocycles. The second kappa shape index (κ2) is 13.7. The van der Waals surface area contributed by atoms with Crippen LogP contribution in [0.1, 0.15) is 63.8 Å². The summed E-state index contributed by atoms with van der Waals surface area (Å²) in [5, 5.41) is 11.4. The van der Waals surface area contributed by atoms with Gasteiger partial charge in [0.25, 0.3) is 12.0 Å². The zero-order chi connectivity index (χ0) is 33.6. The molecular weight excluding hydrogens is 632 g/mol. The molecule has 6 atom stereocenters. The minimum absolute atomic E-state index is 0.0526. The van der Waals surface area contributed by atoms with Gasteiger partial charge in [-0.25, -0.2) is 18.8 Å². The van der Waals surface area contributed by atoms with Gasteiger partial charge in [0.15, 0.2) is 5.96 Å². The van der Waals surface area contributed by atoms with Crippen molar-refractivity contribution in [3.8, 4) is 0 Å². The van der Waals surface area contributed by atoms with Crippen molar-refractivity contribution in [3.05, 3.63) is 69.2 Å². The fourth-order valence-electron chi connectivity index (χ4n) is 8.75. The van der Waals surface area contributed by atoms with Crippen LogP contribution in [0.25, 0.3) is 10.9 Å². The van der Waals surface area contributed by atoms with E-state index in [1.54, 1.807) is 0 Å². The second-order valence-electron chi connectivity index (χ2n) is 15.0. The molecule has 3 aromatic rings. The van der Waals surface area contributed by atoms with Gasteiger partial charge in [0.05, 0.1) is 22.6 Å². The van der Waals surface area contributed by atoms with Crippen LogP contribution in [0.15, 0.2) is 52.3 Å². The molecule has 0 radical (unpaired) electrons. The first-order valence-corrected chi connectivity index (χ1v) is 18.1. The Morgan fingerprint density at radius 3 is 2.69 bits per heavy atom. The van der Waals surface area contributed by atoms with Crippen LogP contribution >= 0.6 is 11.6 Å². The standard InChI is InChI=1S/C37H48ClF2N7O/c1-22-29-17-25(37(29,2)3)18-30(22)45-36(46-16-14-42-32(21-46)33(39)40)43-27-10-11-28-31(19-27)44-34(24-5-4-13-41-20-24)47(35(28)48)15-12-23-6-8-26(38)9-7-23/h6-11,19,22,24-25,29-30,32-33,41-42H,4-5,12-18,20-21H2,1-3H3,(H,43,45)/t22-,24?,25+,29+,30+,32-/m1/s1. The highest BCUT2D eigenvalue weighted by molar-refractivity contribution is 6.30. The number of hydrogen-bond donors (Lipinski definition) is 3. The summed E-state index contributed by atoms with van der Waals surface area (Å²) >= 11 is 6.11. The van der Waals surface area contributed by atoms with Gasteiger partial charge in [0.1, 0.15) is 5.82 Å². The van der Waals surface area contributed by atoms with Gasteiger partial charge in [0, 0.05) is 49.7 Å². The molecular formula is C37H48ClF2N7O. The Balaban J connectivity index is 1.23. The summed E-state index contributed by atoms with van der Waals surface area (Å²) in [4.78, 5) is 26.3. The summed E-state index contributed by atoms with van der Waals surface area (Å²) in [5.74, 6) is 3.28. The third-order valence-electron chi connectivity index (χ3n) is 11.9. The highest BCUT2D eigenvalue weighted by atomic mass is 35.5. The molecule has 2 aliphatic heterocycles. The number of aromatic nitrogens is 2. The molecule has 258 valence electrons. The Morgan fingerprint density at radius 1 is 1.17 bits per heavy atom. The number of hydrogen-bond acceptors (Lipinski definition) is 5. The summed E-state index contributed by atoms with van der Waals surface area (Å²) < 4.78 is 29.6. The van der Waals surface area contributed by atoms with Crippen molar-refractivity contribution in [2.45, 2.75) is 83.8 Å². The molecule has 0 spiro atoms. The molecule has 5 aliphatic rings. The van der Waals surface area contributed by atoms with Crippen LogP contribution in [0.3, 0.4) is 0 Å². The normalized spacial score (nSPS) is 28.8. The van der Waals surface area contributed by atoms with Gasteiger partial charge in [-0.1, -0.05) is 44.5 Å². The quantitative estimate of drug-likeness (QED) is 0.212. The summed E-state index contributed by atoms with van der Waals surface area (Å²) in [5.41, 5.74) is 2.66. The van der Waals surface area contributed by atoms with Crippen LogP contribution in [-0.2, 0) is 13.0 Å². The van der Waals surface area contributed by atoms with E-state index < -0.39 is 12.5 Å². The van der Waals surface area contributed by atoms with Crippen LogP contribution < -0.4 is 21.5 Å².